The van der Waals surface area contributed by atoms with Gasteiger partial charge in [0.15, 0.2) is 0 Å². The fourth-order valence-electron chi connectivity index (χ4n) is 4.95. The fourth-order valence-corrected chi connectivity index (χ4v) is 4.95. The number of rotatable bonds is 4. The Morgan fingerprint density at radius 1 is 1.22 bits per heavy atom. The molecule has 2 unspecified atom stereocenters. The Morgan fingerprint density at radius 2 is 2.03 bits per heavy atom. The third-order valence-electron chi connectivity index (χ3n) is 6.33. The molecule has 2 atom stereocenters. The van der Waals surface area contributed by atoms with Crippen molar-refractivity contribution in [2.24, 2.45) is 7.05 Å². The number of carbonyl (C=O) groups excluding carboxylic acids is 1. The van der Waals surface area contributed by atoms with Gasteiger partial charge in [-0.1, -0.05) is 6.08 Å². The van der Waals surface area contributed by atoms with E-state index >= 15 is 0 Å². The average Bonchev–Trinajstić information content (AvgIpc) is 3.18. The van der Waals surface area contributed by atoms with E-state index in [1.807, 2.05) is 45.0 Å². The van der Waals surface area contributed by atoms with Gasteiger partial charge in [-0.3, -0.25) is 9.58 Å². The number of fused-ring (bicyclic) bond motifs is 2. The predicted molar refractivity (Wildman–Crippen MR) is 121 cm³/mol. The molecule has 9 nitrogen and oxygen atoms in total. The van der Waals surface area contributed by atoms with E-state index in [1.165, 1.54) is 12.0 Å². The molecule has 3 aliphatic rings. The number of likely N-dealkylation sites (tertiary alicyclic amines) is 1. The van der Waals surface area contributed by atoms with Gasteiger partial charge in [0.05, 0.1) is 17.6 Å². The van der Waals surface area contributed by atoms with Crippen LogP contribution in [0.4, 0.5) is 16.4 Å². The number of nitrogens with one attached hydrogen (secondary N) is 1. The summed E-state index contributed by atoms with van der Waals surface area (Å²) in [7, 11) is 1.88. The van der Waals surface area contributed by atoms with Crippen LogP contribution in [-0.2, 0) is 11.8 Å². The van der Waals surface area contributed by atoms with Crippen molar-refractivity contribution < 1.29 is 9.53 Å². The van der Waals surface area contributed by atoms with Crippen LogP contribution >= 0.6 is 0 Å². The quantitative estimate of drug-likeness (QED) is 0.786. The topological polar surface area (TPSA) is 88.4 Å². The van der Waals surface area contributed by atoms with Crippen molar-refractivity contribution in [3.05, 3.63) is 36.4 Å². The Bertz CT molecular complexity index is 1030. The molecule has 2 aromatic rings. The van der Waals surface area contributed by atoms with Crippen LogP contribution in [0, 0.1) is 0 Å². The second-order valence-electron chi connectivity index (χ2n) is 9.97. The van der Waals surface area contributed by atoms with E-state index in [0.717, 1.165) is 37.3 Å². The molecule has 170 valence electrons. The standard InChI is InChI=1S/C23H31N7O2/c1-23(2,3)32-22(31)29-13-19(14-29)30-17-5-6-18(30)10-15(9-17)20-7-8-24-21(27-20)26-16-11-25-28(4)12-16/h7-9,11-12,17-19H,5-6,10,13-14H2,1-4H3,(H,24,26,27). The molecule has 2 aromatic heterocycles. The number of aryl methyl sites for hydroxylation is 1. The van der Waals surface area contributed by atoms with Crippen molar-refractivity contribution >= 4 is 23.3 Å². The van der Waals surface area contributed by atoms with Gasteiger partial charge in [-0.25, -0.2) is 14.8 Å². The molecule has 32 heavy (non-hydrogen) atoms. The van der Waals surface area contributed by atoms with Crippen LogP contribution in [0.5, 0.6) is 0 Å². The van der Waals surface area contributed by atoms with Gasteiger partial charge < -0.3 is 15.0 Å². The minimum absolute atomic E-state index is 0.205. The maximum absolute atomic E-state index is 12.3. The molecule has 0 saturated carbocycles. The summed E-state index contributed by atoms with van der Waals surface area (Å²) in [5, 5.41) is 7.40. The Labute approximate surface area is 188 Å². The molecular formula is C23H31N7O2. The van der Waals surface area contributed by atoms with Gasteiger partial charge in [0.25, 0.3) is 0 Å². The van der Waals surface area contributed by atoms with Gasteiger partial charge in [-0.2, -0.15) is 5.10 Å². The predicted octanol–water partition coefficient (Wildman–Crippen LogP) is 3.19. The van der Waals surface area contributed by atoms with Gasteiger partial charge in [0, 0.05) is 50.7 Å². The summed E-state index contributed by atoms with van der Waals surface area (Å²) >= 11 is 0. The highest BCUT2D eigenvalue weighted by molar-refractivity contribution is 5.70. The molecule has 1 N–H and O–H groups in total. The molecule has 1 amide bonds. The Kier molecular flexibility index (Phi) is 5.16. The van der Waals surface area contributed by atoms with Crippen molar-refractivity contribution in [1.82, 2.24) is 29.5 Å². The monoisotopic (exact) mass is 437 g/mol. The summed E-state index contributed by atoms with van der Waals surface area (Å²) in [6, 6.07) is 3.30. The summed E-state index contributed by atoms with van der Waals surface area (Å²) in [4.78, 5) is 25.8. The highest BCUT2D eigenvalue weighted by Gasteiger charge is 2.46. The highest BCUT2D eigenvalue weighted by Crippen LogP contribution is 2.41. The van der Waals surface area contributed by atoms with Gasteiger partial charge in [-0.05, 0) is 51.7 Å². The van der Waals surface area contributed by atoms with Crippen LogP contribution in [0.25, 0.3) is 5.57 Å². The SMILES string of the molecule is Cn1cc(Nc2nccc(C3=CC4CCC(C3)N4C3CN(C(=O)OC(C)(C)C)C3)n2)cn1. The molecule has 0 radical (unpaired) electrons. The number of hydrogen-bond donors (Lipinski definition) is 1. The zero-order valence-electron chi connectivity index (χ0n) is 19.2. The molecule has 3 aliphatic heterocycles. The zero-order valence-corrected chi connectivity index (χ0v) is 19.2. The Balaban J connectivity index is 1.24. The summed E-state index contributed by atoms with van der Waals surface area (Å²) in [6.45, 7) is 7.22. The summed E-state index contributed by atoms with van der Waals surface area (Å²) in [6.07, 6.45) is 10.9. The maximum atomic E-state index is 12.3. The second kappa shape index (κ2) is 7.88. The molecule has 2 saturated heterocycles. The normalized spacial score (nSPS) is 23.6. The number of carbonyl (C=O) groups is 1. The van der Waals surface area contributed by atoms with Gasteiger partial charge in [0.1, 0.15) is 5.60 Å². The van der Waals surface area contributed by atoms with Crippen molar-refractivity contribution in [2.75, 3.05) is 18.4 Å². The van der Waals surface area contributed by atoms with Crippen molar-refractivity contribution in [1.29, 1.82) is 0 Å². The van der Waals surface area contributed by atoms with Crippen molar-refractivity contribution in [3.8, 4) is 0 Å². The molecule has 0 aliphatic carbocycles. The first-order valence-electron chi connectivity index (χ1n) is 11.3. The van der Waals surface area contributed by atoms with E-state index < -0.39 is 5.60 Å². The van der Waals surface area contributed by atoms with E-state index in [-0.39, 0.29) is 6.09 Å². The number of hydrogen-bond acceptors (Lipinski definition) is 7. The first kappa shape index (κ1) is 20.9. The second-order valence-corrected chi connectivity index (χ2v) is 9.97. The van der Waals surface area contributed by atoms with E-state index in [0.29, 0.717) is 24.1 Å². The third-order valence-corrected chi connectivity index (χ3v) is 6.33. The molecule has 0 spiro atoms. The highest BCUT2D eigenvalue weighted by atomic mass is 16.6. The van der Waals surface area contributed by atoms with E-state index in [2.05, 4.69) is 26.4 Å². The molecular weight excluding hydrogens is 406 g/mol. The Morgan fingerprint density at radius 3 is 2.72 bits per heavy atom. The minimum Gasteiger partial charge on any atom is -0.444 e. The van der Waals surface area contributed by atoms with Crippen LogP contribution in [0.2, 0.25) is 0 Å². The first-order chi connectivity index (χ1) is 15.2. The Hall–Kier alpha value is -2.94. The lowest BCUT2D eigenvalue weighted by Crippen LogP contribution is -2.64. The zero-order chi connectivity index (χ0) is 22.5. The number of amides is 1. The van der Waals surface area contributed by atoms with Crippen LogP contribution in [0.1, 0.15) is 45.7 Å². The van der Waals surface area contributed by atoms with Gasteiger partial charge in [-0.15, -0.1) is 0 Å². The molecule has 0 aromatic carbocycles. The molecule has 2 fully saturated rings. The maximum Gasteiger partial charge on any atom is 0.410 e. The van der Waals surface area contributed by atoms with E-state index in [1.54, 1.807) is 17.1 Å². The third kappa shape index (κ3) is 4.21. The number of ether oxygens (including phenoxy) is 1. The molecule has 9 heteroatoms. The van der Waals surface area contributed by atoms with Crippen LogP contribution in [0.15, 0.2) is 30.7 Å². The summed E-state index contributed by atoms with van der Waals surface area (Å²) in [5.41, 5.74) is 2.68. The van der Waals surface area contributed by atoms with Crippen molar-refractivity contribution in [3.63, 3.8) is 0 Å². The lowest BCUT2D eigenvalue weighted by atomic mass is 9.94. The lowest BCUT2D eigenvalue weighted by molar-refractivity contribution is -0.0235. The lowest BCUT2D eigenvalue weighted by Gasteiger charge is -2.49. The summed E-state index contributed by atoms with van der Waals surface area (Å²) < 4.78 is 7.25. The average molecular weight is 438 g/mol. The number of aromatic nitrogens is 4. The van der Waals surface area contributed by atoms with Crippen LogP contribution < -0.4 is 5.32 Å². The first-order valence-corrected chi connectivity index (χ1v) is 11.3. The van der Waals surface area contributed by atoms with E-state index in [4.69, 9.17) is 9.72 Å². The number of anilines is 2. The van der Waals surface area contributed by atoms with Crippen LogP contribution in [-0.4, -0.2) is 72.5 Å². The van der Waals surface area contributed by atoms with Crippen molar-refractivity contribution in [2.45, 2.75) is 63.8 Å². The van der Waals surface area contributed by atoms with E-state index in [9.17, 15) is 4.79 Å². The molecule has 5 heterocycles. The van der Waals surface area contributed by atoms with Crippen LogP contribution in [0.3, 0.4) is 0 Å². The van der Waals surface area contributed by atoms with Gasteiger partial charge >= 0.3 is 6.09 Å². The molecule has 5 rings (SSSR count). The number of nitrogens with zero attached hydrogens (tertiary/aromatic N) is 6. The minimum atomic E-state index is -0.452. The fraction of sp³-hybridized carbons (Fsp3) is 0.565. The van der Waals surface area contributed by atoms with Gasteiger partial charge in [0.2, 0.25) is 5.95 Å². The summed E-state index contributed by atoms with van der Waals surface area (Å²) in [5.74, 6) is 0.582. The molecule has 2 bridgehead atoms. The smallest absolute Gasteiger partial charge is 0.410 e. The largest absolute Gasteiger partial charge is 0.444 e.